The molecule has 1 aromatic heterocycles. The highest BCUT2D eigenvalue weighted by molar-refractivity contribution is 5.92. The zero-order chi connectivity index (χ0) is 16.8. The molecule has 1 saturated carbocycles. The third-order valence-electron chi connectivity index (χ3n) is 5.02. The second kappa shape index (κ2) is 7.58. The van der Waals surface area contributed by atoms with Crippen molar-refractivity contribution in [1.29, 1.82) is 0 Å². The number of hydrogen-bond acceptors (Lipinski definition) is 3. The Hall–Kier alpha value is -2.20. The standard InChI is InChI=1S/C20H25N3O/c21-19(24)17-8-6-7-16(13-17)14-22-15-20(10-3-1-4-11-20)18-9-2-5-12-23-18/h2,5-9,12-13,22H,1,3-4,10-11,14-15H2,(H2,21,24). The Bertz CT molecular complexity index is 678. The summed E-state index contributed by atoms with van der Waals surface area (Å²) in [6, 6.07) is 13.7. The molecule has 0 atom stereocenters. The van der Waals surface area contributed by atoms with Crippen molar-refractivity contribution in [3.05, 3.63) is 65.5 Å². The lowest BCUT2D eigenvalue weighted by Gasteiger charge is -2.37. The van der Waals surface area contributed by atoms with E-state index in [0.29, 0.717) is 5.56 Å². The van der Waals surface area contributed by atoms with Gasteiger partial charge in [-0.2, -0.15) is 0 Å². The summed E-state index contributed by atoms with van der Waals surface area (Å²) in [5.41, 5.74) is 8.32. The molecule has 1 aromatic carbocycles. The Kier molecular flexibility index (Phi) is 5.26. The minimum atomic E-state index is -0.380. The molecule has 0 aliphatic heterocycles. The average Bonchev–Trinajstić information content (AvgIpc) is 2.63. The second-order valence-corrected chi connectivity index (χ2v) is 6.72. The van der Waals surface area contributed by atoms with Gasteiger partial charge >= 0.3 is 0 Å². The molecule has 3 N–H and O–H groups in total. The Morgan fingerprint density at radius 1 is 1.12 bits per heavy atom. The summed E-state index contributed by atoms with van der Waals surface area (Å²) in [4.78, 5) is 15.9. The van der Waals surface area contributed by atoms with Crippen molar-refractivity contribution in [2.45, 2.75) is 44.1 Å². The first kappa shape index (κ1) is 16.7. The van der Waals surface area contributed by atoms with Crippen molar-refractivity contribution >= 4 is 5.91 Å². The summed E-state index contributed by atoms with van der Waals surface area (Å²) in [5.74, 6) is -0.380. The molecule has 4 heteroatoms. The van der Waals surface area contributed by atoms with E-state index < -0.39 is 0 Å². The molecule has 0 saturated heterocycles. The summed E-state index contributed by atoms with van der Waals surface area (Å²) in [7, 11) is 0. The largest absolute Gasteiger partial charge is 0.366 e. The molecule has 1 aliphatic carbocycles. The van der Waals surface area contributed by atoms with Crippen molar-refractivity contribution in [2.24, 2.45) is 5.73 Å². The van der Waals surface area contributed by atoms with Crippen molar-refractivity contribution < 1.29 is 4.79 Å². The van der Waals surface area contributed by atoms with E-state index in [2.05, 4.69) is 22.4 Å². The number of rotatable bonds is 6. The lowest BCUT2D eigenvalue weighted by atomic mass is 9.71. The maximum Gasteiger partial charge on any atom is 0.248 e. The monoisotopic (exact) mass is 323 g/mol. The van der Waals surface area contributed by atoms with Gasteiger partial charge in [0.15, 0.2) is 0 Å². The average molecular weight is 323 g/mol. The van der Waals surface area contributed by atoms with Crippen LogP contribution in [0.4, 0.5) is 0 Å². The van der Waals surface area contributed by atoms with Gasteiger partial charge in [0.2, 0.25) is 5.91 Å². The molecule has 2 aromatic rings. The first-order valence-corrected chi connectivity index (χ1v) is 8.71. The summed E-state index contributed by atoms with van der Waals surface area (Å²) in [6.07, 6.45) is 8.08. The van der Waals surface area contributed by atoms with Crippen LogP contribution in [0.1, 0.15) is 53.7 Å². The summed E-state index contributed by atoms with van der Waals surface area (Å²) < 4.78 is 0. The topological polar surface area (TPSA) is 68.0 Å². The molecular formula is C20H25N3O. The molecule has 1 amide bonds. The quantitative estimate of drug-likeness (QED) is 0.858. The van der Waals surface area contributed by atoms with E-state index in [4.69, 9.17) is 5.73 Å². The Morgan fingerprint density at radius 3 is 2.67 bits per heavy atom. The number of carbonyl (C=O) groups excluding carboxylic acids is 1. The number of amides is 1. The van der Waals surface area contributed by atoms with Crippen LogP contribution < -0.4 is 11.1 Å². The van der Waals surface area contributed by atoms with Crippen LogP contribution in [0.15, 0.2) is 48.7 Å². The predicted molar refractivity (Wildman–Crippen MR) is 95.7 cm³/mol. The second-order valence-electron chi connectivity index (χ2n) is 6.72. The number of hydrogen-bond donors (Lipinski definition) is 2. The fourth-order valence-corrected chi connectivity index (χ4v) is 3.71. The van der Waals surface area contributed by atoms with Gasteiger partial charge in [0.1, 0.15) is 0 Å². The maximum absolute atomic E-state index is 11.3. The van der Waals surface area contributed by atoms with E-state index in [1.807, 2.05) is 30.5 Å². The zero-order valence-electron chi connectivity index (χ0n) is 14.0. The van der Waals surface area contributed by atoms with Crippen LogP contribution in [0.2, 0.25) is 0 Å². The SMILES string of the molecule is NC(=O)c1cccc(CNCC2(c3ccccn3)CCCCC2)c1. The van der Waals surface area contributed by atoms with E-state index >= 15 is 0 Å². The Balaban J connectivity index is 1.68. The fourth-order valence-electron chi connectivity index (χ4n) is 3.71. The highest BCUT2D eigenvalue weighted by Gasteiger charge is 2.34. The fraction of sp³-hybridized carbons (Fsp3) is 0.400. The molecule has 1 fully saturated rings. The highest BCUT2D eigenvalue weighted by atomic mass is 16.1. The Labute approximate surface area is 143 Å². The number of carbonyl (C=O) groups is 1. The number of nitrogens with zero attached hydrogens (tertiary/aromatic N) is 1. The maximum atomic E-state index is 11.3. The van der Waals surface area contributed by atoms with Crippen molar-refractivity contribution in [1.82, 2.24) is 10.3 Å². The number of pyridine rings is 1. The first-order valence-electron chi connectivity index (χ1n) is 8.71. The van der Waals surface area contributed by atoms with Crippen LogP contribution in [0.25, 0.3) is 0 Å². The van der Waals surface area contributed by atoms with Crippen LogP contribution in [0.5, 0.6) is 0 Å². The molecule has 1 heterocycles. The number of primary amides is 1. The van der Waals surface area contributed by atoms with E-state index in [-0.39, 0.29) is 11.3 Å². The third kappa shape index (κ3) is 3.82. The molecule has 126 valence electrons. The molecule has 4 nitrogen and oxygen atoms in total. The van der Waals surface area contributed by atoms with Gasteiger partial charge in [0.25, 0.3) is 0 Å². The van der Waals surface area contributed by atoms with Crippen molar-refractivity contribution in [3.63, 3.8) is 0 Å². The minimum Gasteiger partial charge on any atom is -0.366 e. The van der Waals surface area contributed by atoms with E-state index in [1.54, 1.807) is 6.07 Å². The molecule has 0 unspecified atom stereocenters. The van der Waals surface area contributed by atoms with Gasteiger partial charge < -0.3 is 11.1 Å². The van der Waals surface area contributed by atoms with Gasteiger partial charge in [0.05, 0.1) is 0 Å². The van der Waals surface area contributed by atoms with E-state index in [1.165, 1.54) is 37.8 Å². The zero-order valence-corrected chi connectivity index (χ0v) is 14.0. The van der Waals surface area contributed by atoms with Crippen LogP contribution in [0, 0.1) is 0 Å². The predicted octanol–water partition coefficient (Wildman–Crippen LogP) is 3.17. The van der Waals surface area contributed by atoms with Crippen molar-refractivity contribution in [3.8, 4) is 0 Å². The van der Waals surface area contributed by atoms with Gasteiger partial charge in [-0.1, -0.05) is 37.5 Å². The number of nitrogens with one attached hydrogen (secondary N) is 1. The number of aromatic nitrogens is 1. The molecule has 1 aliphatic rings. The minimum absolute atomic E-state index is 0.126. The number of benzene rings is 1. The van der Waals surface area contributed by atoms with Gasteiger partial charge in [-0.3, -0.25) is 9.78 Å². The smallest absolute Gasteiger partial charge is 0.248 e. The van der Waals surface area contributed by atoms with Crippen molar-refractivity contribution in [2.75, 3.05) is 6.54 Å². The van der Waals surface area contributed by atoms with Crippen LogP contribution in [-0.2, 0) is 12.0 Å². The molecular weight excluding hydrogens is 298 g/mol. The number of nitrogens with two attached hydrogens (primary N) is 1. The lowest BCUT2D eigenvalue weighted by molar-refractivity contribution is 0.1000. The van der Waals surface area contributed by atoms with E-state index in [0.717, 1.165) is 18.7 Å². The van der Waals surface area contributed by atoms with Gasteiger partial charge in [-0.25, -0.2) is 0 Å². The Morgan fingerprint density at radius 2 is 1.96 bits per heavy atom. The van der Waals surface area contributed by atoms with Gasteiger partial charge in [-0.15, -0.1) is 0 Å². The van der Waals surface area contributed by atoms with E-state index in [9.17, 15) is 4.79 Å². The van der Waals surface area contributed by atoms with Crippen LogP contribution in [0.3, 0.4) is 0 Å². The molecule has 0 bridgehead atoms. The summed E-state index contributed by atoms with van der Waals surface area (Å²) in [6.45, 7) is 1.64. The highest BCUT2D eigenvalue weighted by Crippen LogP contribution is 2.37. The molecule has 0 spiro atoms. The summed E-state index contributed by atoms with van der Waals surface area (Å²) >= 11 is 0. The third-order valence-corrected chi connectivity index (χ3v) is 5.02. The summed E-state index contributed by atoms with van der Waals surface area (Å²) in [5, 5.41) is 3.58. The normalized spacial score (nSPS) is 16.7. The van der Waals surface area contributed by atoms with Gasteiger partial charge in [-0.05, 0) is 42.7 Å². The molecule has 0 radical (unpaired) electrons. The van der Waals surface area contributed by atoms with Crippen LogP contribution >= 0.6 is 0 Å². The first-order chi connectivity index (χ1) is 11.7. The molecule has 3 rings (SSSR count). The molecule has 24 heavy (non-hydrogen) atoms. The van der Waals surface area contributed by atoms with Crippen LogP contribution in [-0.4, -0.2) is 17.4 Å². The lowest BCUT2D eigenvalue weighted by Crippen LogP contribution is -2.40. The van der Waals surface area contributed by atoms with Gasteiger partial charge in [0, 0.05) is 36.0 Å².